The number of urea groups is 1. The number of hydrogen-bond acceptors (Lipinski definition) is 4. The van der Waals surface area contributed by atoms with E-state index in [1.54, 1.807) is 37.4 Å². The first-order valence-corrected chi connectivity index (χ1v) is 7.92. The Morgan fingerprint density at radius 2 is 2.17 bits per heavy atom. The third-order valence-corrected chi connectivity index (χ3v) is 3.82. The Kier molecular flexibility index (Phi) is 4.79. The van der Waals surface area contributed by atoms with Gasteiger partial charge in [0.15, 0.2) is 0 Å². The van der Waals surface area contributed by atoms with Crippen molar-refractivity contribution in [1.82, 2.24) is 15.1 Å². The van der Waals surface area contributed by atoms with Gasteiger partial charge in [-0.3, -0.25) is 4.79 Å². The second-order valence-corrected chi connectivity index (χ2v) is 5.71. The lowest BCUT2D eigenvalue weighted by Gasteiger charge is -2.10. The molecule has 126 valence electrons. The van der Waals surface area contributed by atoms with Crippen molar-refractivity contribution in [3.05, 3.63) is 52.4 Å². The molecule has 2 N–H and O–H groups in total. The van der Waals surface area contributed by atoms with Gasteiger partial charge in [0, 0.05) is 30.3 Å². The van der Waals surface area contributed by atoms with Crippen LogP contribution in [0.1, 0.15) is 24.5 Å². The van der Waals surface area contributed by atoms with Gasteiger partial charge < -0.3 is 15.4 Å². The van der Waals surface area contributed by atoms with Crippen LogP contribution in [0.25, 0.3) is 0 Å². The molecule has 7 heteroatoms. The van der Waals surface area contributed by atoms with Gasteiger partial charge >= 0.3 is 6.03 Å². The monoisotopic (exact) mass is 328 g/mol. The standard InChI is InChI=1S/C17H20N4O3/c1-24-14-4-2-3-13(11-14)19-17(23)18-9-10-21-16(22)8-7-15(20-21)12-5-6-12/h2-4,7-8,11-12H,5-6,9-10H2,1H3,(H2,18,19,23). The van der Waals surface area contributed by atoms with E-state index in [2.05, 4.69) is 15.7 Å². The van der Waals surface area contributed by atoms with Gasteiger partial charge in [0.25, 0.3) is 5.56 Å². The van der Waals surface area contributed by atoms with Gasteiger partial charge in [-0.05, 0) is 31.0 Å². The third kappa shape index (κ3) is 4.13. The molecule has 24 heavy (non-hydrogen) atoms. The van der Waals surface area contributed by atoms with Crippen molar-refractivity contribution in [3.8, 4) is 5.75 Å². The first-order chi connectivity index (χ1) is 11.7. The molecule has 1 aromatic carbocycles. The van der Waals surface area contributed by atoms with Crippen LogP contribution in [0.3, 0.4) is 0 Å². The minimum absolute atomic E-state index is 0.158. The molecule has 0 atom stereocenters. The van der Waals surface area contributed by atoms with Crippen LogP contribution in [-0.4, -0.2) is 29.5 Å². The zero-order chi connectivity index (χ0) is 16.9. The first kappa shape index (κ1) is 16.0. The molecule has 0 bridgehead atoms. The molecule has 1 aromatic heterocycles. The van der Waals surface area contributed by atoms with Crippen LogP contribution in [0.15, 0.2) is 41.2 Å². The van der Waals surface area contributed by atoms with Gasteiger partial charge in [-0.1, -0.05) is 6.07 Å². The van der Waals surface area contributed by atoms with E-state index in [-0.39, 0.29) is 11.6 Å². The van der Waals surface area contributed by atoms with Crippen molar-refractivity contribution in [2.75, 3.05) is 19.0 Å². The summed E-state index contributed by atoms with van der Waals surface area (Å²) in [7, 11) is 1.57. The predicted octanol–water partition coefficient (Wildman–Crippen LogP) is 1.95. The maximum Gasteiger partial charge on any atom is 0.319 e. The zero-order valence-corrected chi connectivity index (χ0v) is 13.5. The van der Waals surface area contributed by atoms with Gasteiger partial charge in [-0.15, -0.1) is 0 Å². The highest BCUT2D eigenvalue weighted by molar-refractivity contribution is 5.89. The summed E-state index contributed by atoms with van der Waals surface area (Å²) in [6.07, 6.45) is 2.26. The van der Waals surface area contributed by atoms with E-state index in [4.69, 9.17) is 4.74 Å². The minimum atomic E-state index is -0.338. The van der Waals surface area contributed by atoms with E-state index in [1.807, 2.05) is 0 Å². The molecule has 2 amide bonds. The highest BCUT2D eigenvalue weighted by Gasteiger charge is 2.25. The van der Waals surface area contributed by atoms with E-state index in [0.29, 0.717) is 30.4 Å². The lowest BCUT2D eigenvalue weighted by molar-refractivity contribution is 0.251. The van der Waals surface area contributed by atoms with Crippen LogP contribution in [0.2, 0.25) is 0 Å². The highest BCUT2D eigenvalue weighted by atomic mass is 16.5. The molecule has 0 saturated heterocycles. The van der Waals surface area contributed by atoms with Gasteiger partial charge in [0.05, 0.1) is 19.3 Å². The number of hydrogen-bond donors (Lipinski definition) is 2. The van der Waals surface area contributed by atoms with Gasteiger partial charge in [-0.2, -0.15) is 5.10 Å². The summed E-state index contributed by atoms with van der Waals surface area (Å²) in [5, 5.41) is 9.79. The molecule has 1 fully saturated rings. The van der Waals surface area contributed by atoms with Crippen molar-refractivity contribution < 1.29 is 9.53 Å². The number of rotatable bonds is 6. The molecule has 0 aliphatic heterocycles. The fourth-order valence-electron chi connectivity index (χ4n) is 2.37. The second kappa shape index (κ2) is 7.16. The number of methoxy groups -OCH3 is 1. The van der Waals surface area contributed by atoms with Crippen LogP contribution in [0, 0.1) is 0 Å². The second-order valence-electron chi connectivity index (χ2n) is 5.71. The van der Waals surface area contributed by atoms with Crippen molar-refractivity contribution >= 4 is 11.7 Å². The largest absolute Gasteiger partial charge is 0.497 e. The van der Waals surface area contributed by atoms with E-state index >= 15 is 0 Å². The van der Waals surface area contributed by atoms with Crippen LogP contribution in [0.4, 0.5) is 10.5 Å². The lowest BCUT2D eigenvalue weighted by Crippen LogP contribution is -2.34. The summed E-state index contributed by atoms with van der Waals surface area (Å²) in [4.78, 5) is 23.7. The molecular weight excluding hydrogens is 308 g/mol. The van der Waals surface area contributed by atoms with E-state index in [1.165, 1.54) is 10.7 Å². The Morgan fingerprint density at radius 3 is 2.92 bits per heavy atom. The van der Waals surface area contributed by atoms with Crippen molar-refractivity contribution in [2.45, 2.75) is 25.3 Å². The lowest BCUT2D eigenvalue weighted by atomic mass is 10.3. The van der Waals surface area contributed by atoms with Gasteiger partial charge in [0.2, 0.25) is 0 Å². The van der Waals surface area contributed by atoms with E-state index in [9.17, 15) is 9.59 Å². The number of nitrogens with zero attached hydrogens (tertiary/aromatic N) is 2. The van der Waals surface area contributed by atoms with E-state index in [0.717, 1.165) is 18.5 Å². The molecule has 0 radical (unpaired) electrons. The molecule has 1 saturated carbocycles. The Bertz CT molecular complexity index is 783. The molecule has 0 spiro atoms. The van der Waals surface area contributed by atoms with Crippen molar-refractivity contribution in [3.63, 3.8) is 0 Å². The molecular formula is C17H20N4O3. The minimum Gasteiger partial charge on any atom is -0.497 e. The number of nitrogens with one attached hydrogen (secondary N) is 2. The molecule has 1 heterocycles. The molecule has 3 rings (SSSR count). The number of carbonyl (C=O) groups is 1. The van der Waals surface area contributed by atoms with Crippen LogP contribution < -0.4 is 20.9 Å². The number of carbonyl (C=O) groups excluding carboxylic acids is 1. The number of benzene rings is 1. The number of amides is 2. The summed E-state index contributed by atoms with van der Waals surface area (Å²) in [6, 6.07) is 10.1. The SMILES string of the molecule is COc1cccc(NC(=O)NCCn2nc(C3CC3)ccc2=O)c1. The molecule has 7 nitrogen and oxygen atoms in total. The van der Waals surface area contributed by atoms with Gasteiger partial charge in [0.1, 0.15) is 5.75 Å². The first-order valence-electron chi connectivity index (χ1n) is 7.92. The normalized spacial score (nSPS) is 13.4. The predicted molar refractivity (Wildman–Crippen MR) is 90.5 cm³/mol. The van der Waals surface area contributed by atoms with Crippen molar-refractivity contribution in [1.29, 1.82) is 0 Å². The maximum atomic E-state index is 11.9. The fourth-order valence-corrected chi connectivity index (χ4v) is 2.37. The Labute approximate surface area is 139 Å². The number of aromatic nitrogens is 2. The Morgan fingerprint density at radius 1 is 1.33 bits per heavy atom. The number of ether oxygens (including phenoxy) is 1. The molecule has 1 aliphatic rings. The van der Waals surface area contributed by atoms with Gasteiger partial charge in [-0.25, -0.2) is 9.48 Å². The quantitative estimate of drug-likeness (QED) is 0.849. The Balaban J connectivity index is 1.51. The molecule has 2 aromatic rings. The zero-order valence-electron chi connectivity index (χ0n) is 13.5. The van der Waals surface area contributed by atoms with E-state index < -0.39 is 0 Å². The molecule has 1 aliphatic carbocycles. The summed E-state index contributed by atoms with van der Waals surface area (Å²) in [5.74, 6) is 1.15. The van der Waals surface area contributed by atoms with Crippen LogP contribution >= 0.6 is 0 Å². The summed E-state index contributed by atoms with van der Waals surface area (Å²) in [5.41, 5.74) is 1.43. The highest BCUT2D eigenvalue weighted by Crippen LogP contribution is 2.38. The third-order valence-electron chi connectivity index (χ3n) is 3.82. The summed E-state index contributed by atoms with van der Waals surface area (Å²) in [6.45, 7) is 0.655. The maximum absolute atomic E-state index is 11.9. The topological polar surface area (TPSA) is 85.2 Å². The summed E-state index contributed by atoms with van der Waals surface area (Å²) >= 11 is 0. The smallest absolute Gasteiger partial charge is 0.319 e. The number of anilines is 1. The van der Waals surface area contributed by atoms with Crippen LogP contribution in [0.5, 0.6) is 5.75 Å². The van der Waals surface area contributed by atoms with Crippen LogP contribution in [-0.2, 0) is 6.54 Å². The van der Waals surface area contributed by atoms with Crippen molar-refractivity contribution in [2.24, 2.45) is 0 Å². The molecule has 0 unspecified atom stereocenters. The Hall–Kier alpha value is -2.83. The average Bonchev–Trinajstić information content (AvgIpc) is 3.42. The summed E-state index contributed by atoms with van der Waals surface area (Å²) < 4.78 is 6.51. The fraction of sp³-hybridized carbons (Fsp3) is 0.353. The average molecular weight is 328 g/mol.